The Labute approximate surface area is 159 Å². The monoisotopic (exact) mass is 389 g/mol. The SMILES string of the molecule is C/C=C1/CN(S(=O)(=O)c2ccc(C)cc2)[C@H]2C[C@@H]1[C@H]1C(=O)OCC[C@@H]1C2=O. The van der Waals surface area contributed by atoms with Crippen LogP contribution in [0.4, 0.5) is 0 Å². The molecule has 27 heavy (non-hydrogen) atoms. The summed E-state index contributed by atoms with van der Waals surface area (Å²) in [5, 5.41) is 0. The van der Waals surface area contributed by atoms with Gasteiger partial charge in [0.1, 0.15) is 0 Å². The molecule has 144 valence electrons. The van der Waals surface area contributed by atoms with Crippen LogP contribution in [0.1, 0.15) is 25.3 Å². The summed E-state index contributed by atoms with van der Waals surface area (Å²) in [4.78, 5) is 25.6. The molecule has 2 bridgehead atoms. The zero-order chi connectivity index (χ0) is 19.3. The molecule has 3 aliphatic rings. The lowest BCUT2D eigenvalue weighted by Crippen LogP contribution is -2.61. The average molecular weight is 389 g/mol. The number of carbonyl (C=O) groups is 2. The first-order valence-corrected chi connectivity index (χ1v) is 10.7. The van der Waals surface area contributed by atoms with Crippen LogP contribution >= 0.6 is 0 Å². The minimum atomic E-state index is -3.80. The number of hydrogen-bond donors (Lipinski definition) is 0. The smallest absolute Gasteiger partial charge is 0.310 e. The van der Waals surface area contributed by atoms with Crippen LogP contribution < -0.4 is 0 Å². The van der Waals surface area contributed by atoms with Crippen LogP contribution in [-0.2, 0) is 24.3 Å². The van der Waals surface area contributed by atoms with Crippen molar-refractivity contribution in [1.82, 2.24) is 4.31 Å². The zero-order valence-corrected chi connectivity index (χ0v) is 16.2. The van der Waals surface area contributed by atoms with Crippen LogP contribution in [0, 0.1) is 24.7 Å². The van der Waals surface area contributed by atoms with Gasteiger partial charge in [-0.15, -0.1) is 0 Å². The van der Waals surface area contributed by atoms with Crippen molar-refractivity contribution in [3.63, 3.8) is 0 Å². The molecule has 1 saturated carbocycles. The summed E-state index contributed by atoms with van der Waals surface area (Å²) in [6.45, 7) is 4.12. The molecule has 1 aromatic rings. The van der Waals surface area contributed by atoms with Gasteiger partial charge in [-0.25, -0.2) is 8.42 Å². The van der Waals surface area contributed by atoms with Gasteiger partial charge >= 0.3 is 5.97 Å². The molecule has 3 fully saturated rings. The van der Waals surface area contributed by atoms with E-state index >= 15 is 0 Å². The second kappa shape index (κ2) is 6.56. The van der Waals surface area contributed by atoms with E-state index in [2.05, 4.69) is 0 Å². The van der Waals surface area contributed by atoms with Crippen LogP contribution in [0.5, 0.6) is 0 Å². The van der Waals surface area contributed by atoms with Gasteiger partial charge in [0.15, 0.2) is 5.78 Å². The molecule has 0 radical (unpaired) electrons. The molecule has 1 aromatic carbocycles. The van der Waals surface area contributed by atoms with Gasteiger partial charge in [-0.2, -0.15) is 4.31 Å². The average Bonchev–Trinajstić information content (AvgIpc) is 2.66. The van der Waals surface area contributed by atoms with Gasteiger partial charge in [0.25, 0.3) is 0 Å². The van der Waals surface area contributed by atoms with Crippen molar-refractivity contribution in [2.24, 2.45) is 17.8 Å². The summed E-state index contributed by atoms with van der Waals surface area (Å²) >= 11 is 0. The number of ketones is 1. The lowest BCUT2D eigenvalue weighted by Gasteiger charge is -2.49. The van der Waals surface area contributed by atoms with Gasteiger partial charge in [-0.1, -0.05) is 29.3 Å². The maximum Gasteiger partial charge on any atom is 0.310 e. The molecule has 7 heteroatoms. The normalized spacial score (nSPS) is 32.9. The highest BCUT2D eigenvalue weighted by Gasteiger charge is 2.56. The van der Waals surface area contributed by atoms with Crippen molar-refractivity contribution in [2.45, 2.75) is 37.6 Å². The number of hydrogen-bond acceptors (Lipinski definition) is 5. The van der Waals surface area contributed by atoms with E-state index in [1.165, 1.54) is 4.31 Å². The molecule has 0 aromatic heterocycles. The first kappa shape index (κ1) is 18.4. The minimum absolute atomic E-state index is 0.125. The summed E-state index contributed by atoms with van der Waals surface area (Å²) in [5.41, 5.74) is 1.86. The molecule has 1 aliphatic carbocycles. The van der Waals surface area contributed by atoms with Gasteiger partial charge in [-0.3, -0.25) is 9.59 Å². The molecule has 2 saturated heterocycles. The number of aryl methyl sites for hydroxylation is 1. The van der Waals surface area contributed by atoms with Crippen molar-refractivity contribution >= 4 is 21.8 Å². The van der Waals surface area contributed by atoms with Gasteiger partial charge < -0.3 is 4.74 Å². The number of cyclic esters (lactones) is 1. The molecule has 4 rings (SSSR count). The second-order valence-corrected chi connectivity index (χ2v) is 9.47. The summed E-state index contributed by atoms with van der Waals surface area (Å²) in [6, 6.07) is 5.97. The summed E-state index contributed by atoms with van der Waals surface area (Å²) in [6.07, 6.45) is 2.70. The quantitative estimate of drug-likeness (QED) is 0.571. The van der Waals surface area contributed by atoms with E-state index in [1.54, 1.807) is 24.3 Å². The van der Waals surface area contributed by atoms with Crippen molar-refractivity contribution in [3.8, 4) is 0 Å². The van der Waals surface area contributed by atoms with Crippen LogP contribution in [0.15, 0.2) is 40.8 Å². The third-order valence-electron chi connectivity index (χ3n) is 6.14. The van der Waals surface area contributed by atoms with E-state index in [4.69, 9.17) is 4.74 Å². The Balaban J connectivity index is 1.75. The fourth-order valence-electron chi connectivity index (χ4n) is 4.69. The number of nitrogens with zero attached hydrogens (tertiary/aromatic N) is 1. The highest BCUT2D eigenvalue weighted by atomic mass is 32.2. The highest BCUT2D eigenvalue weighted by molar-refractivity contribution is 7.89. The van der Waals surface area contributed by atoms with E-state index in [-0.39, 0.29) is 35.7 Å². The molecule has 6 nitrogen and oxygen atoms in total. The Bertz CT molecular complexity index is 918. The molecule has 0 N–H and O–H groups in total. The number of benzene rings is 1. The summed E-state index contributed by atoms with van der Waals surface area (Å²) in [7, 11) is -3.80. The van der Waals surface area contributed by atoms with Crippen molar-refractivity contribution in [1.29, 1.82) is 0 Å². The van der Waals surface area contributed by atoms with E-state index in [9.17, 15) is 18.0 Å². The molecular formula is C20H23NO5S. The predicted molar refractivity (Wildman–Crippen MR) is 98.3 cm³/mol. The molecular weight excluding hydrogens is 366 g/mol. The van der Waals surface area contributed by atoms with Crippen LogP contribution in [0.25, 0.3) is 0 Å². The topological polar surface area (TPSA) is 80.8 Å². The van der Waals surface area contributed by atoms with E-state index in [0.29, 0.717) is 12.8 Å². The number of carbonyl (C=O) groups excluding carboxylic acids is 2. The van der Waals surface area contributed by atoms with Crippen LogP contribution in [0.3, 0.4) is 0 Å². The van der Waals surface area contributed by atoms with Gasteiger partial charge in [0, 0.05) is 12.5 Å². The van der Waals surface area contributed by atoms with E-state index < -0.39 is 27.9 Å². The molecule has 0 amide bonds. The highest BCUT2D eigenvalue weighted by Crippen LogP contribution is 2.47. The van der Waals surface area contributed by atoms with Crippen molar-refractivity contribution in [3.05, 3.63) is 41.5 Å². The van der Waals surface area contributed by atoms with Crippen LogP contribution in [0.2, 0.25) is 0 Å². The largest absolute Gasteiger partial charge is 0.465 e. The number of sulfonamides is 1. The molecule has 4 atom stereocenters. The first-order chi connectivity index (χ1) is 12.8. The molecule has 2 aliphatic heterocycles. The first-order valence-electron chi connectivity index (χ1n) is 9.28. The van der Waals surface area contributed by atoms with E-state index in [1.807, 2.05) is 19.9 Å². The Morgan fingerprint density at radius 1 is 1.15 bits per heavy atom. The standard InChI is InChI=1S/C20H23NO5S/c1-3-13-11-21(27(24,25)14-6-4-12(2)5-7-14)17-10-16(13)18-15(19(17)22)8-9-26-20(18)23/h3-7,15-18H,8-11H2,1-2H3/b13-3-/t15-,16-,17-,18-/m0/s1. The maximum atomic E-state index is 13.3. The molecule has 0 unspecified atom stereocenters. The number of allylic oxidation sites excluding steroid dienone is 1. The van der Waals surface area contributed by atoms with Gasteiger partial charge in [0.2, 0.25) is 10.0 Å². The predicted octanol–water partition coefficient (Wildman–Crippen LogP) is 2.08. The third-order valence-corrected chi connectivity index (χ3v) is 8.01. The Kier molecular flexibility index (Phi) is 4.47. The number of fused-ring (bicyclic) bond motifs is 4. The number of piperidine rings is 1. The Hall–Kier alpha value is -1.99. The second-order valence-electron chi connectivity index (χ2n) is 7.58. The maximum absolute atomic E-state index is 13.3. The lowest BCUT2D eigenvalue weighted by atomic mass is 9.63. The summed E-state index contributed by atoms with van der Waals surface area (Å²) in [5.74, 6) is -1.52. The number of rotatable bonds is 2. The fraction of sp³-hybridized carbons (Fsp3) is 0.500. The van der Waals surface area contributed by atoms with Gasteiger partial charge in [-0.05, 0) is 44.7 Å². The number of esters is 1. The fourth-order valence-corrected chi connectivity index (χ4v) is 6.29. The Morgan fingerprint density at radius 3 is 2.52 bits per heavy atom. The van der Waals surface area contributed by atoms with E-state index in [0.717, 1.165) is 11.1 Å². The minimum Gasteiger partial charge on any atom is -0.465 e. The van der Waals surface area contributed by atoms with Crippen molar-refractivity contribution in [2.75, 3.05) is 13.2 Å². The third kappa shape index (κ3) is 2.84. The number of ether oxygens (including phenoxy) is 1. The number of Topliss-reactive ketones (excluding diaryl/α,β-unsaturated/α-hetero) is 1. The molecule has 0 spiro atoms. The summed E-state index contributed by atoms with van der Waals surface area (Å²) < 4.78 is 33.1. The van der Waals surface area contributed by atoms with Crippen molar-refractivity contribution < 1.29 is 22.7 Å². The Morgan fingerprint density at radius 2 is 1.85 bits per heavy atom. The van der Waals surface area contributed by atoms with Crippen LogP contribution in [-0.4, -0.2) is 43.7 Å². The van der Waals surface area contributed by atoms with Gasteiger partial charge in [0.05, 0.1) is 23.5 Å². The zero-order valence-electron chi connectivity index (χ0n) is 15.4. The molecule has 2 heterocycles. The lowest BCUT2D eigenvalue weighted by molar-refractivity contribution is -0.167.